The third-order valence-corrected chi connectivity index (χ3v) is 5.43. The summed E-state index contributed by atoms with van der Waals surface area (Å²) in [5.41, 5.74) is 2.21. The molecule has 0 radical (unpaired) electrons. The second-order valence-electron chi connectivity index (χ2n) is 7.20. The van der Waals surface area contributed by atoms with Crippen LogP contribution in [0.1, 0.15) is 50.7 Å². The molecule has 5 heteroatoms. The average Bonchev–Trinajstić information content (AvgIpc) is 3.18. The zero-order valence-electron chi connectivity index (χ0n) is 16.6. The summed E-state index contributed by atoms with van der Waals surface area (Å²) in [6, 6.07) is 8.49. The number of nitrogens with one attached hydrogen (secondary N) is 2. The summed E-state index contributed by atoms with van der Waals surface area (Å²) in [6.45, 7) is 8.68. The molecule has 5 nitrogen and oxygen atoms in total. The van der Waals surface area contributed by atoms with Crippen molar-refractivity contribution in [2.75, 3.05) is 26.7 Å². The highest BCUT2D eigenvalue weighted by Gasteiger charge is 2.27. The van der Waals surface area contributed by atoms with Crippen molar-refractivity contribution in [1.82, 2.24) is 15.5 Å². The third-order valence-electron chi connectivity index (χ3n) is 5.43. The summed E-state index contributed by atoms with van der Waals surface area (Å²) in [5, 5.41) is 6.08. The number of nitrogens with zero attached hydrogens (tertiary/aromatic N) is 1. The summed E-state index contributed by atoms with van der Waals surface area (Å²) in [6.07, 6.45) is 4.88. The number of benzene rings is 1. The van der Waals surface area contributed by atoms with E-state index in [0.717, 1.165) is 43.6 Å². The summed E-state index contributed by atoms with van der Waals surface area (Å²) >= 11 is 0. The molecule has 26 heavy (non-hydrogen) atoms. The van der Waals surface area contributed by atoms with Crippen LogP contribution in [0, 0.1) is 5.92 Å². The van der Waals surface area contributed by atoms with Crippen LogP contribution in [0.15, 0.2) is 24.3 Å². The van der Waals surface area contributed by atoms with Crippen LogP contribution in [0.5, 0.6) is 0 Å². The smallest absolute Gasteiger partial charge is 0.315 e. The number of ether oxygens (including phenoxy) is 1. The quantitative estimate of drug-likeness (QED) is 0.670. The first-order valence-corrected chi connectivity index (χ1v) is 10.00. The maximum atomic E-state index is 12.3. The Labute approximate surface area is 158 Å². The molecule has 2 N–H and O–H groups in total. The lowest BCUT2D eigenvalue weighted by Gasteiger charge is -2.33. The van der Waals surface area contributed by atoms with Gasteiger partial charge >= 0.3 is 6.03 Å². The van der Waals surface area contributed by atoms with Crippen molar-refractivity contribution in [3.63, 3.8) is 0 Å². The average molecular weight is 362 g/mol. The Morgan fingerprint density at radius 2 is 1.85 bits per heavy atom. The van der Waals surface area contributed by atoms with E-state index in [4.69, 9.17) is 4.74 Å². The number of amides is 2. The van der Waals surface area contributed by atoms with Gasteiger partial charge in [-0.1, -0.05) is 51.0 Å². The highest BCUT2D eigenvalue weighted by molar-refractivity contribution is 5.73. The SMILES string of the molecule is CCC(CC)C(CNC(=O)NCc1cccc(COC)c1)N1CCCC1. The van der Waals surface area contributed by atoms with Crippen LogP contribution in [0.25, 0.3) is 0 Å². The van der Waals surface area contributed by atoms with Crippen molar-refractivity contribution in [2.24, 2.45) is 5.92 Å². The summed E-state index contributed by atoms with van der Waals surface area (Å²) in [7, 11) is 1.69. The number of hydrogen-bond acceptors (Lipinski definition) is 3. The molecule has 2 rings (SSSR count). The Kier molecular flexibility index (Phi) is 8.92. The first-order chi connectivity index (χ1) is 12.7. The normalized spacial score (nSPS) is 16.0. The van der Waals surface area contributed by atoms with Gasteiger partial charge in [-0.2, -0.15) is 0 Å². The van der Waals surface area contributed by atoms with E-state index in [1.807, 2.05) is 18.2 Å². The number of methoxy groups -OCH3 is 1. The first-order valence-electron chi connectivity index (χ1n) is 10.00. The van der Waals surface area contributed by atoms with Gasteiger partial charge in [-0.05, 0) is 43.0 Å². The lowest BCUT2D eigenvalue weighted by Crippen LogP contribution is -2.48. The van der Waals surface area contributed by atoms with Crippen molar-refractivity contribution >= 4 is 6.03 Å². The van der Waals surface area contributed by atoms with Gasteiger partial charge in [-0.15, -0.1) is 0 Å². The molecule has 1 aromatic rings. The van der Waals surface area contributed by atoms with Crippen LogP contribution in [-0.4, -0.2) is 43.7 Å². The topological polar surface area (TPSA) is 53.6 Å². The van der Waals surface area contributed by atoms with Gasteiger partial charge in [0.15, 0.2) is 0 Å². The van der Waals surface area contributed by atoms with Crippen LogP contribution in [0.2, 0.25) is 0 Å². The lowest BCUT2D eigenvalue weighted by atomic mass is 9.93. The number of hydrogen-bond donors (Lipinski definition) is 2. The largest absolute Gasteiger partial charge is 0.380 e. The monoisotopic (exact) mass is 361 g/mol. The third kappa shape index (κ3) is 6.29. The molecule has 1 aliphatic heterocycles. The molecule has 0 aromatic heterocycles. The minimum Gasteiger partial charge on any atom is -0.380 e. The molecule has 0 bridgehead atoms. The molecule has 1 atom stereocenters. The minimum absolute atomic E-state index is 0.0858. The van der Waals surface area contributed by atoms with Gasteiger partial charge in [0.1, 0.15) is 0 Å². The van der Waals surface area contributed by atoms with Gasteiger partial charge in [0.2, 0.25) is 0 Å². The molecule has 0 aliphatic carbocycles. The molecule has 1 heterocycles. The molecule has 2 amide bonds. The maximum absolute atomic E-state index is 12.3. The Hall–Kier alpha value is -1.59. The second-order valence-corrected chi connectivity index (χ2v) is 7.20. The highest BCUT2D eigenvalue weighted by atomic mass is 16.5. The zero-order chi connectivity index (χ0) is 18.8. The van der Waals surface area contributed by atoms with Gasteiger partial charge in [0.25, 0.3) is 0 Å². The summed E-state index contributed by atoms with van der Waals surface area (Å²) in [5.74, 6) is 0.638. The van der Waals surface area contributed by atoms with E-state index >= 15 is 0 Å². The predicted octanol–water partition coefficient (Wildman–Crippen LogP) is 3.53. The molecule has 0 saturated carbocycles. The number of carbonyl (C=O) groups is 1. The predicted molar refractivity (Wildman–Crippen MR) is 106 cm³/mol. The van der Waals surface area contributed by atoms with Gasteiger partial charge in [0, 0.05) is 26.2 Å². The van der Waals surface area contributed by atoms with E-state index in [1.165, 1.54) is 12.8 Å². The fraction of sp³-hybridized carbons (Fsp3) is 0.667. The van der Waals surface area contributed by atoms with Crippen molar-refractivity contribution < 1.29 is 9.53 Å². The van der Waals surface area contributed by atoms with Crippen molar-refractivity contribution in [3.05, 3.63) is 35.4 Å². The van der Waals surface area contributed by atoms with E-state index in [2.05, 4.69) is 35.4 Å². The fourth-order valence-corrected chi connectivity index (χ4v) is 3.94. The van der Waals surface area contributed by atoms with Crippen LogP contribution >= 0.6 is 0 Å². The van der Waals surface area contributed by atoms with Gasteiger partial charge in [-0.3, -0.25) is 4.90 Å². The van der Waals surface area contributed by atoms with Crippen LogP contribution < -0.4 is 10.6 Å². The molecule has 146 valence electrons. The van der Waals surface area contributed by atoms with E-state index in [1.54, 1.807) is 7.11 Å². The van der Waals surface area contributed by atoms with E-state index in [-0.39, 0.29) is 6.03 Å². The van der Waals surface area contributed by atoms with Crippen LogP contribution in [0.4, 0.5) is 4.79 Å². The molecular formula is C21H35N3O2. The molecule has 1 saturated heterocycles. The maximum Gasteiger partial charge on any atom is 0.315 e. The van der Waals surface area contributed by atoms with Gasteiger partial charge < -0.3 is 15.4 Å². The fourth-order valence-electron chi connectivity index (χ4n) is 3.94. The molecule has 0 spiro atoms. The van der Waals surface area contributed by atoms with Gasteiger partial charge in [0.05, 0.1) is 6.61 Å². The second kappa shape index (κ2) is 11.2. The minimum atomic E-state index is -0.0858. The lowest BCUT2D eigenvalue weighted by molar-refractivity contribution is 0.161. The van der Waals surface area contributed by atoms with E-state index in [9.17, 15) is 4.79 Å². The van der Waals surface area contributed by atoms with Crippen LogP contribution in [0.3, 0.4) is 0 Å². The van der Waals surface area contributed by atoms with E-state index < -0.39 is 0 Å². The number of urea groups is 1. The van der Waals surface area contributed by atoms with Crippen molar-refractivity contribution in [2.45, 2.75) is 58.7 Å². The Morgan fingerprint density at radius 1 is 1.15 bits per heavy atom. The summed E-state index contributed by atoms with van der Waals surface area (Å²) in [4.78, 5) is 14.8. The van der Waals surface area contributed by atoms with E-state index in [0.29, 0.717) is 25.1 Å². The van der Waals surface area contributed by atoms with Crippen molar-refractivity contribution in [3.8, 4) is 0 Å². The summed E-state index contributed by atoms with van der Waals surface area (Å²) < 4.78 is 5.16. The number of likely N-dealkylation sites (tertiary alicyclic amines) is 1. The molecule has 1 unspecified atom stereocenters. The Morgan fingerprint density at radius 3 is 2.50 bits per heavy atom. The standard InChI is InChI=1S/C21H35N3O2/c1-4-19(5-2)20(24-11-6-7-12-24)15-23-21(25)22-14-17-9-8-10-18(13-17)16-26-3/h8-10,13,19-20H,4-7,11-12,14-16H2,1-3H3,(H2,22,23,25). The Bertz CT molecular complexity index is 538. The zero-order valence-corrected chi connectivity index (χ0v) is 16.6. The van der Waals surface area contributed by atoms with Gasteiger partial charge in [-0.25, -0.2) is 4.79 Å². The van der Waals surface area contributed by atoms with Crippen molar-refractivity contribution in [1.29, 1.82) is 0 Å². The number of rotatable bonds is 10. The highest BCUT2D eigenvalue weighted by Crippen LogP contribution is 2.22. The molecule has 1 aromatic carbocycles. The first kappa shape index (κ1) is 20.7. The molecular weight excluding hydrogens is 326 g/mol. The molecule has 1 fully saturated rings. The Balaban J connectivity index is 1.82. The number of carbonyl (C=O) groups excluding carboxylic acids is 1. The van der Waals surface area contributed by atoms with Crippen LogP contribution in [-0.2, 0) is 17.9 Å². The molecule has 1 aliphatic rings.